The van der Waals surface area contributed by atoms with Crippen molar-refractivity contribution in [3.05, 3.63) is 70.3 Å². The van der Waals surface area contributed by atoms with Gasteiger partial charge in [0.05, 0.1) is 49.3 Å². The molecule has 0 aliphatic carbocycles. The molecule has 2 aromatic heterocycles. The molecular weight excluding hydrogens is 545 g/mol. The van der Waals surface area contributed by atoms with Crippen molar-refractivity contribution in [2.24, 2.45) is 0 Å². The fourth-order valence-corrected chi connectivity index (χ4v) is 7.50. The van der Waals surface area contributed by atoms with E-state index in [1.54, 1.807) is 10.7 Å². The molecule has 1 saturated heterocycles. The summed E-state index contributed by atoms with van der Waals surface area (Å²) in [4.78, 5) is 6.60. The van der Waals surface area contributed by atoms with E-state index in [1.165, 1.54) is 12.1 Å². The normalized spacial score (nSPS) is 18.4. The first-order valence-electron chi connectivity index (χ1n) is 12.8. The van der Waals surface area contributed by atoms with Gasteiger partial charge < -0.3 is 14.0 Å². The van der Waals surface area contributed by atoms with Crippen LogP contribution < -0.4 is 0 Å². The fraction of sp³-hybridized carbons (Fsp3) is 0.333. The molecule has 9 nitrogen and oxygen atoms in total. The number of fused-ring (bicyclic) bond motifs is 4. The molecule has 0 radical (unpaired) electrons. The summed E-state index contributed by atoms with van der Waals surface area (Å²) in [5.41, 5.74) is 4.31. The topological polar surface area (TPSA) is 91.5 Å². The molecule has 202 valence electrons. The van der Waals surface area contributed by atoms with Gasteiger partial charge in [0.15, 0.2) is 20.8 Å². The molecule has 12 heteroatoms. The number of rotatable bonds is 4. The van der Waals surface area contributed by atoms with Crippen LogP contribution in [0.1, 0.15) is 16.8 Å². The van der Waals surface area contributed by atoms with Crippen LogP contribution in [0.2, 0.25) is 5.15 Å². The lowest BCUT2D eigenvalue weighted by atomic mass is 10.0. The Kier molecular flexibility index (Phi) is 6.09. The van der Waals surface area contributed by atoms with Crippen molar-refractivity contribution in [3.63, 3.8) is 0 Å². The van der Waals surface area contributed by atoms with Gasteiger partial charge in [0.1, 0.15) is 16.4 Å². The number of benzene rings is 2. The van der Waals surface area contributed by atoms with E-state index in [4.69, 9.17) is 26.2 Å². The van der Waals surface area contributed by atoms with Crippen molar-refractivity contribution in [3.8, 4) is 28.5 Å². The number of imidazole rings is 1. The third-order valence-corrected chi connectivity index (χ3v) is 9.48. The van der Waals surface area contributed by atoms with E-state index in [1.807, 2.05) is 28.8 Å². The van der Waals surface area contributed by atoms with E-state index >= 15 is 0 Å². The summed E-state index contributed by atoms with van der Waals surface area (Å²) in [5.74, 6) is -0.684. The van der Waals surface area contributed by atoms with Crippen molar-refractivity contribution >= 4 is 21.4 Å². The smallest absolute Gasteiger partial charge is 0.186 e. The van der Waals surface area contributed by atoms with Gasteiger partial charge in [-0.3, -0.25) is 4.90 Å². The molecular formula is C27H25ClFN5O4S. The molecule has 5 heterocycles. The maximum atomic E-state index is 15.0. The number of ether oxygens (including phenoxy) is 2. The summed E-state index contributed by atoms with van der Waals surface area (Å²) in [6, 6.07) is 12.3. The molecule has 0 unspecified atom stereocenters. The van der Waals surface area contributed by atoms with Crippen LogP contribution in [-0.2, 0) is 44.8 Å². The van der Waals surface area contributed by atoms with Crippen molar-refractivity contribution in [1.82, 2.24) is 24.2 Å². The molecule has 0 N–H and O–H groups in total. The summed E-state index contributed by atoms with van der Waals surface area (Å²) in [6.07, 6.45) is 0. The standard InChI is InChI=1S/C27H25ClFN5O4S/c28-26-22-15-38-13-10-33(22)27(30-26)23-20-16-39(35,36)25-19(2-1-3-21(25)29)24(20)34(31-23)18-6-4-17(5-7-18)14-32-8-11-37-12-9-32/h1-7H,8-16H2. The highest BCUT2D eigenvalue weighted by Gasteiger charge is 2.38. The number of sulfone groups is 1. The van der Waals surface area contributed by atoms with Crippen molar-refractivity contribution in [2.75, 3.05) is 32.9 Å². The Hall–Kier alpha value is -3.09. The van der Waals surface area contributed by atoms with Crippen LogP contribution in [0, 0.1) is 5.82 Å². The highest BCUT2D eigenvalue weighted by atomic mass is 35.5. The zero-order chi connectivity index (χ0) is 26.7. The maximum absolute atomic E-state index is 15.0. The molecule has 7 rings (SSSR count). The first-order chi connectivity index (χ1) is 18.9. The number of hydrogen-bond donors (Lipinski definition) is 0. The van der Waals surface area contributed by atoms with E-state index in [9.17, 15) is 12.8 Å². The highest BCUT2D eigenvalue weighted by molar-refractivity contribution is 7.91. The number of halogens is 2. The number of hydrogen-bond acceptors (Lipinski definition) is 7. The van der Waals surface area contributed by atoms with Crippen molar-refractivity contribution in [2.45, 2.75) is 30.3 Å². The molecule has 2 aromatic carbocycles. The van der Waals surface area contributed by atoms with E-state index in [-0.39, 0.29) is 10.5 Å². The average molecular weight is 570 g/mol. The third-order valence-electron chi connectivity index (χ3n) is 7.48. The largest absolute Gasteiger partial charge is 0.379 e. The molecule has 0 atom stereocenters. The Morgan fingerprint density at radius 2 is 1.77 bits per heavy atom. The zero-order valence-electron chi connectivity index (χ0n) is 20.9. The van der Waals surface area contributed by atoms with Crippen LogP contribution in [0.5, 0.6) is 0 Å². The third kappa shape index (κ3) is 4.20. The monoisotopic (exact) mass is 569 g/mol. The number of morpholine rings is 1. The first kappa shape index (κ1) is 24.9. The first-order valence-corrected chi connectivity index (χ1v) is 14.8. The SMILES string of the molecule is O=S1(=O)Cc2c(-c3nc(Cl)c4n3CCOC4)nn(-c3ccc(CN4CCOCC4)cc3)c2-c2cccc(F)c21. The Morgan fingerprint density at radius 1 is 1.00 bits per heavy atom. The molecule has 39 heavy (non-hydrogen) atoms. The molecule has 0 spiro atoms. The number of nitrogens with zero attached hydrogens (tertiary/aromatic N) is 5. The minimum atomic E-state index is -3.96. The lowest BCUT2D eigenvalue weighted by Crippen LogP contribution is -2.35. The molecule has 3 aliphatic rings. The van der Waals surface area contributed by atoms with Gasteiger partial charge in [-0.25, -0.2) is 22.5 Å². The number of aromatic nitrogens is 4. The summed E-state index contributed by atoms with van der Waals surface area (Å²) in [7, 11) is -3.96. The predicted molar refractivity (Wildman–Crippen MR) is 142 cm³/mol. The molecule has 4 aromatic rings. The van der Waals surface area contributed by atoms with Gasteiger partial charge in [-0.05, 0) is 23.8 Å². The molecule has 1 fully saturated rings. The van der Waals surface area contributed by atoms with E-state index in [0.717, 1.165) is 49.8 Å². The van der Waals surface area contributed by atoms with Gasteiger partial charge in [0.25, 0.3) is 0 Å². The summed E-state index contributed by atoms with van der Waals surface area (Å²) >= 11 is 6.45. The van der Waals surface area contributed by atoms with E-state index in [0.29, 0.717) is 47.7 Å². The van der Waals surface area contributed by atoms with Gasteiger partial charge in [0.2, 0.25) is 0 Å². The van der Waals surface area contributed by atoms with E-state index < -0.39 is 21.4 Å². The Balaban J connectivity index is 1.40. The second-order valence-electron chi connectivity index (χ2n) is 9.90. The highest BCUT2D eigenvalue weighted by Crippen LogP contribution is 2.44. The lowest BCUT2D eigenvalue weighted by molar-refractivity contribution is 0.0342. The van der Waals surface area contributed by atoms with Crippen LogP contribution in [0.3, 0.4) is 0 Å². The summed E-state index contributed by atoms with van der Waals surface area (Å²) in [6.45, 7) is 5.34. The quantitative estimate of drug-likeness (QED) is 0.369. The van der Waals surface area contributed by atoms with Gasteiger partial charge in [-0.2, -0.15) is 5.10 Å². The van der Waals surface area contributed by atoms with Crippen LogP contribution in [0.15, 0.2) is 47.4 Å². The van der Waals surface area contributed by atoms with Crippen LogP contribution >= 0.6 is 11.6 Å². The average Bonchev–Trinajstić information content (AvgIpc) is 3.47. The van der Waals surface area contributed by atoms with Gasteiger partial charge in [0, 0.05) is 37.3 Å². The molecule has 3 aliphatic heterocycles. The second-order valence-corrected chi connectivity index (χ2v) is 12.2. The summed E-state index contributed by atoms with van der Waals surface area (Å²) < 4.78 is 56.3. The van der Waals surface area contributed by atoms with Gasteiger partial charge in [-0.15, -0.1) is 0 Å². The lowest BCUT2D eigenvalue weighted by Gasteiger charge is -2.26. The van der Waals surface area contributed by atoms with Crippen LogP contribution in [0.4, 0.5) is 4.39 Å². The van der Waals surface area contributed by atoms with Crippen molar-refractivity contribution in [1.29, 1.82) is 0 Å². The molecule has 0 saturated carbocycles. The molecule has 0 amide bonds. The Bertz CT molecular complexity index is 1690. The molecule has 0 bridgehead atoms. The minimum absolute atomic E-state index is 0.284. The van der Waals surface area contributed by atoms with Crippen LogP contribution in [0.25, 0.3) is 28.5 Å². The predicted octanol–water partition coefficient (Wildman–Crippen LogP) is 3.85. The van der Waals surface area contributed by atoms with Crippen molar-refractivity contribution < 1.29 is 22.3 Å². The van der Waals surface area contributed by atoms with Gasteiger partial charge >= 0.3 is 0 Å². The minimum Gasteiger partial charge on any atom is -0.379 e. The van der Waals surface area contributed by atoms with Crippen LogP contribution in [-0.4, -0.2) is 65.6 Å². The fourth-order valence-electron chi connectivity index (χ4n) is 5.60. The summed E-state index contributed by atoms with van der Waals surface area (Å²) in [5, 5.41) is 5.21. The second kappa shape index (κ2) is 9.53. The Labute approximate surface area is 229 Å². The maximum Gasteiger partial charge on any atom is 0.186 e. The Morgan fingerprint density at radius 3 is 2.56 bits per heavy atom. The van der Waals surface area contributed by atoms with Gasteiger partial charge in [-0.1, -0.05) is 35.9 Å². The van der Waals surface area contributed by atoms with E-state index in [2.05, 4.69) is 9.88 Å². The zero-order valence-corrected chi connectivity index (χ0v) is 22.5.